The summed E-state index contributed by atoms with van der Waals surface area (Å²) in [6, 6.07) is 0. The van der Waals surface area contributed by atoms with E-state index in [0.29, 0.717) is 6.16 Å². The van der Waals surface area contributed by atoms with E-state index in [0.717, 1.165) is 19.3 Å². The molecule has 4 heteroatoms. The third-order valence-electron chi connectivity index (χ3n) is 1.04. The van der Waals surface area contributed by atoms with Gasteiger partial charge >= 0.3 is 8.03 Å². The molecule has 0 amide bonds. The first kappa shape index (κ1) is 9.02. The Labute approximate surface area is 55.8 Å². The zero-order chi connectivity index (χ0) is 7.11. The zero-order valence-corrected chi connectivity index (χ0v) is 6.43. The highest BCUT2D eigenvalue weighted by molar-refractivity contribution is 7.38. The van der Waals surface area contributed by atoms with Crippen molar-refractivity contribution < 1.29 is 14.5 Å². The molecule has 0 rings (SSSR count). The fraction of sp³-hybridized carbons (Fsp3) is 1.00. The third-order valence-corrected chi connectivity index (χ3v) is 1.90. The van der Waals surface area contributed by atoms with Gasteiger partial charge in [0.1, 0.15) is 0 Å². The smallest absolute Gasteiger partial charge is 0.204 e. The van der Waals surface area contributed by atoms with Crippen LogP contribution in [-0.2, 0) is 9.24 Å². The first-order valence-corrected chi connectivity index (χ1v) is 4.43. The second-order valence-electron chi connectivity index (χ2n) is 1.85. The van der Waals surface area contributed by atoms with Crippen LogP contribution in [0.2, 0.25) is 0 Å². The van der Waals surface area contributed by atoms with Gasteiger partial charge in [-0.2, -0.15) is 0 Å². The lowest BCUT2D eigenvalue weighted by Gasteiger charge is -1.84. The van der Waals surface area contributed by atoms with Crippen molar-refractivity contribution >= 4 is 8.03 Å². The summed E-state index contributed by atoms with van der Waals surface area (Å²) in [7, 11) is -1.78. The van der Waals surface area contributed by atoms with E-state index < -0.39 is 8.03 Å². The lowest BCUT2D eigenvalue weighted by molar-refractivity contribution is -0.130. The van der Waals surface area contributed by atoms with Gasteiger partial charge in [-0.3, -0.25) is 0 Å². The van der Waals surface area contributed by atoms with Gasteiger partial charge in [0.15, 0.2) is 6.16 Å². The van der Waals surface area contributed by atoms with E-state index in [-0.39, 0.29) is 0 Å². The molecule has 1 N–H and O–H groups in total. The molecule has 3 nitrogen and oxygen atoms in total. The minimum absolute atomic E-state index is 0.472. The van der Waals surface area contributed by atoms with E-state index in [1.54, 1.807) is 0 Å². The molecule has 0 bridgehead atoms. The molecule has 54 valence electrons. The lowest BCUT2D eigenvalue weighted by atomic mass is 10.3. The summed E-state index contributed by atoms with van der Waals surface area (Å²) in [5.41, 5.74) is 0. The van der Waals surface area contributed by atoms with Gasteiger partial charge in [-0.05, 0) is 17.4 Å². The van der Waals surface area contributed by atoms with Crippen LogP contribution in [-0.4, -0.2) is 11.4 Å². The Morgan fingerprint density at radius 1 is 1.56 bits per heavy atom. The van der Waals surface area contributed by atoms with E-state index in [9.17, 15) is 4.57 Å². The molecule has 1 unspecified atom stereocenters. The summed E-state index contributed by atoms with van der Waals surface area (Å²) in [5.74, 6) is 0. The van der Waals surface area contributed by atoms with Crippen LogP contribution < -0.4 is 0 Å². The minimum atomic E-state index is -1.78. The van der Waals surface area contributed by atoms with Crippen molar-refractivity contribution in [1.29, 1.82) is 0 Å². The van der Waals surface area contributed by atoms with Crippen LogP contribution in [0.15, 0.2) is 0 Å². The van der Waals surface area contributed by atoms with E-state index in [2.05, 4.69) is 11.6 Å². The average molecular weight is 151 g/mol. The van der Waals surface area contributed by atoms with Gasteiger partial charge in [0.2, 0.25) is 0 Å². The van der Waals surface area contributed by atoms with Crippen LogP contribution in [0.3, 0.4) is 0 Å². The normalized spacial score (nSPS) is 11.6. The molecule has 0 saturated carbocycles. The first-order chi connectivity index (χ1) is 4.31. The van der Waals surface area contributed by atoms with E-state index >= 15 is 0 Å². The van der Waals surface area contributed by atoms with Crippen LogP contribution in [0.1, 0.15) is 26.2 Å². The maximum atomic E-state index is 10.4. The van der Waals surface area contributed by atoms with Crippen molar-refractivity contribution in [2.45, 2.75) is 26.2 Å². The molecule has 0 spiro atoms. The molecule has 0 aromatic rings. The topological polar surface area (TPSA) is 46.5 Å². The Morgan fingerprint density at radius 2 is 2.22 bits per heavy atom. The Kier molecular flexibility index (Phi) is 6.16. The van der Waals surface area contributed by atoms with Gasteiger partial charge in [0.05, 0.1) is 0 Å². The Morgan fingerprint density at radius 3 is 2.67 bits per heavy atom. The Bertz CT molecular complexity index is 84.3. The van der Waals surface area contributed by atoms with Crippen molar-refractivity contribution in [3.63, 3.8) is 0 Å². The highest BCUT2D eigenvalue weighted by Crippen LogP contribution is 2.21. The maximum Gasteiger partial charge on any atom is 0.539 e. The standard InChI is InChI=1S/C5H11O3P/c1-2-3-4-5-9(7)8-6/h2-5H2,1H3/p+1. The highest BCUT2D eigenvalue weighted by atomic mass is 31.1. The van der Waals surface area contributed by atoms with E-state index in [1.807, 2.05) is 0 Å². The van der Waals surface area contributed by atoms with E-state index in [4.69, 9.17) is 5.26 Å². The fourth-order valence-corrected chi connectivity index (χ4v) is 1.10. The summed E-state index contributed by atoms with van der Waals surface area (Å²) in [5, 5.41) is 7.85. The van der Waals surface area contributed by atoms with Gasteiger partial charge < -0.3 is 0 Å². The summed E-state index contributed by atoms with van der Waals surface area (Å²) in [6.45, 7) is 2.06. The molecular weight excluding hydrogens is 139 g/mol. The average Bonchev–Trinajstić information content (AvgIpc) is 1.89. The molecule has 0 aliphatic carbocycles. The molecule has 0 aromatic carbocycles. The number of hydrogen-bond donors (Lipinski definition) is 1. The predicted octanol–water partition coefficient (Wildman–Crippen LogP) is 2.41. The SMILES string of the molecule is CCCCC[P+](=O)OO. The largest absolute Gasteiger partial charge is 0.539 e. The van der Waals surface area contributed by atoms with Crippen molar-refractivity contribution in [3.8, 4) is 0 Å². The van der Waals surface area contributed by atoms with Gasteiger partial charge in [-0.1, -0.05) is 13.3 Å². The molecule has 0 heterocycles. The quantitative estimate of drug-likeness (QED) is 0.284. The zero-order valence-electron chi connectivity index (χ0n) is 5.54. The number of hydrogen-bond acceptors (Lipinski definition) is 3. The van der Waals surface area contributed by atoms with Crippen molar-refractivity contribution in [2.75, 3.05) is 6.16 Å². The van der Waals surface area contributed by atoms with Crippen LogP contribution >= 0.6 is 8.03 Å². The van der Waals surface area contributed by atoms with Gasteiger partial charge in [-0.25, -0.2) is 5.26 Å². The molecule has 0 aliphatic rings. The van der Waals surface area contributed by atoms with Crippen molar-refractivity contribution in [3.05, 3.63) is 0 Å². The summed E-state index contributed by atoms with van der Waals surface area (Å²) in [4.78, 5) is 0. The van der Waals surface area contributed by atoms with Crippen molar-refractivity contribution in [1.82, 2.24) is 0 Å². The maximum absolute atomic E-state index is 10.4. The summed E-state index contributed by atoms with van der Waals surface area (Å²) < 4.78 is 14.0. The second kappa shape index (κ2) is 6.14. The highest BCUT2D eigenvalue weighted by Gasteiger charge is 2.14. The van der Waals surface area contributed by atoms with Gasteiger partial charge in [0.25, 0.3) is 0 Å². The molecule has 0 radical (unpaired) electrons. The summed E-state index contributed by atoms with van der Waals surface area (Å²) >= 11 is 0. The van der Waals surface area contributed by atoms with E-state index in [1.165, 1.54) is 0 Å². The van der Waals surface area contributed by atoms with Gasteiger partial charge in [0, 0.05) is 4.67 Å². The fourth-order valence-electron chi connectivity index (χ4n) is 0.532. The molecule has 0 aromatic heterocycles. The van der Waals surface area contributed by atoms with Crippen LogP contribution in [0.4, 0.5) is 0 Å². The Balaban J connectivity index is 2.97. The molecular formula is C5H12O3P+. The monoisotopic (exact) mass is 151 g/mol. The lowest BCUT2D eigenvalue weighted by Crippen LogP contribution is -1.79. The third kappa shape index (κ3) is 5.90. The molecule has 1 atom stereocenters. The van der Waals surface area contributed by atoms with Crippen LogP contribution in [0.25, 0.3) is 0 Å². The molecule has 0 fully saturated rings. The molecule has 9 heavy (non-hydrogen) atoms. The second-order valence-corrected chi connectivity index (χ2v) is 3.12. The van der Waals surface area contributed by atoms with Crippen LogP contribution in [0.5, 0.6) is 0 Å². The van der Waals surface area contributed by atoms with Crippen molar-refractivity contribution in [2.24, 2.45) is 0 Å². The Hall–Kier alpha value is 0.0200. The van der Waals surface area contributed by atoms with Crippen LogP contribution in [0, 0.1) is 0 Å². The number of unbranched alkanes of at least 4 members (excludes halogenated alkanes) is 2. The molecule has 0 saturated heterocycles. The first-order valence-electron chi connectivity index (χ1n) is 3.07. The molecule has 0 aliphatic heterocycles. The predicted molar refractivity (Wildman–Crippen MR) is 35.7 cm³/mol. The number of rotatable bonds is 5. The summed E-state index contributed by atoms with van der Waals surface area (Å²) in [6.07, 6.45) is 3.48. The minimum Gasteiger partial charge on any atom is -0.204 e. The van der Waals surface area contributed by atoms with Gasteiger partial charge in [-0.15, -0.1) is 0 Å².